The van der Waals surface area contributed by atoms with Crippen LogP contribution in [0, 0.1) is 5.41 Å². The van der Waals surface area contributed by atoms with Gasteiger partial charge < -0.3 is 15.8 Å². The summed E-state index contributed by atoms with van der Waals surface area (Å²) in [4.78, 5) is 45.6. The van der Waals surface area contributed by atoms with Crippen molar-refractivity contribution >= 4 is 29.6 Å². The zero-order valence-corrected chi connectivity index (χ0v) is 29.4. The maximum atomic E-state index is 14.9. The molecular weight excluding hydrogens is 713 g/mol. The molecular formula is C34H35ClF5N9O3. The van der Waals surface area contributed by atoms with Crippen LogP contribution in [0.4, 0.5) is 26.7 Å². The van der Waals surface area contributed by atoms with Crippen LogP contribution in [-0.2, 0) is 15.1 Å². The number of nitrogens with zero attached hydrogens (tertiary/aromatic N) is 7. The number of guanidine groups is 1. The van der Waals surface area contributed by atoms with E-state index in [1.54, 1.807) is 48.0 Å². The van der Waals surface area contributed by atoms with Crippen LogP contribution in [0.3, 0.4) is 0 Å². The number of carbonyl (C=O) groups is 2. The Bertz CT molecular complexity index is 1970. The van der Waals surface area contributed by atoms with Crippen LogP contribution in [-0.4, -0.2) is 65.9 Å². The number of ether oxygens (including phenoxy) is 1. The Balaban J connectivity index is 1.59. The lowest BCUT2D eigenvalue weighted by atomic mass is 9.75. The molecule has 0 fully saturated rings. The molecule has 2 aromatic carbocycles. The lowest BCUT2D eigenvalue weighted by Gasteiger charge is -2.35. The van der Waals surface area contributed by atoms with Gasteiger partial charge in [-0.05, 0) is 55.0 Å². The molecule has 2 atom stereocenters. The maximum absolute atomic E-state index is 14.9. The molecule has 12 nitrogen and oxygen atoms in total. The van der Waals surface area contributed by atoms with Gasteiger partial charge in [-0.1, -0.05) is 62.7 Å². The standard InChI is InChI=1S/C34H35ClF5N9O3/c1-31(2,3)17-33(21-10-7-19(8-11-21)26-42-13-6-14-43-26)28(50)48(29(41)46-33)24(16-52-30(51)47-32(4,5)34(38,39)40)20-9-12-22(35)23(15-20)49-27(25(36)37)44-18-45-49/h6-15,18,24-25H,16-17H2,1-5H3,(H2,41,46)(H,47,51)/t24-,33-/m1/s1. The number of amides is 2. The van der Waals surface area contributed by atoms with Crippen molar-refractivity contribution in [3.63, 3.8) is 0 Å². The summed E-state index contributed by atoms with van der Waals surface area (Å²) in [5.41, 5.74) is 2.94. The van der Waals surface area contributed by atoms with Gasteiger partial charge in [-0.25, -0.2) is 38.2 Å². The highest BCUT2D eigenvalue weighted by atomic mass is 35.5. The second-order valence-electron chi connectivity index (χ2n) is 13.8. The van der Waals surface area contributed by atoms with Gasteiger partial charge in [-0.15, -0.1) is 0 Å². The molecule has 18 heteroatoms. The van der Waals surface area contributed by atoms with Crippen LogP contribution in [0.1, 0.15) is 70.5 Å². The molecule has 3 N–H and O–H groups in total. The fraction of sp³-hybridized carbons (Fsp3) is 0.382. The quantitative estimate of drug-likeness (QED) is 0.166. The maximum Gasteiger partial charge on any atom is 0.411 e. The van der Waals surface area contributed by atoms with E-state index in [2.05, 4.69) is 20.1 Å². The molecule has 0 spiro atoms. The van der Waals surface area contributed by atoms with E-state index in [1.165, 1.54) is 18.2 Å². The van der Waals surface area contributed by atoms with Gasteiger partial charge in [0.05, 0.1) is 16.8 Å². The molecule has 0 radical (unpaired) electrons. The summed E-state index contributed by atoms with van der Waals surface area (Å²) in [6.45, 7) is 6.47. The zero-order valence-electron chi connectivity index (χ0n) is 28.6. The van der Waals surface area contributed by atoms with Crippen LogP contribution in [0.2, 0.25) is 5.02 Å². The fourth-order valence-electron chi connectivity index (χ4n) is 5.74. The molecule has 1 aliphatic rings. The lowest BCUT2D eigenvalue weighted by Crippen LogP contribution is -2.54. The van der Waals surface area contributed by atoms with Gasteiger partial charge in [0.25, 0.3) is 12.3 Å². The number of halogens is 6. The van der Waals surface area contributed by atoms with E-state index in [0.29, 0.717) is 17.0 Å². The molecule has 276 valence electrons. The van der Waals surface area contributed by atoms with E-state index in [-0.39, 0.29) is 28.7 Å². The number of nitrogens with two attached hydrogens (primary N) is 1. The van der Waals surface area contributed by atoms with Crippen LogP contribution in [0.15, 0.2) is 72.2 Å². The van der Waals surface area contributed by atoms with Crippen molar-refractivity contribution in [3.05, 3.63) is 89.2 Å². The zero-order chi connectivity index (χ0) is 38.2. The topological polar surface area (TPSA) is 154 Å². The van der Waals surface area contributed by atoms with Gasteiger partial charge in [0.15, 0.2) is 23.1 Å². The van der Waals surface area contributed by atoms with Crippen LogP contribution < -0.4 is 11.1 Å². The number of alkyl halides is 5. The first-order valence-corrected chi connectivity index (χ1v) is 16.2. The molecule has 2 amide bonds. The smallest absolute Gasteiger partial charge is 0.411 e. The van der Waals surface area contributed by atoms with E-state index in [9.17, 15) is 31.5 Å². The molecule has 1 aliphatic heterocycles. The first-order valence-electron chi connectivity index (χ1n) is 15.8. The summed E-state index contributed by atoms with van der Waals surface area (Å²) in [5, 5.41) is 5.62. The SMILES string of the molecule is CC(C)(C)C[C@]1(c2ccc(-c3ncccn3)cc2)N=C(N)N([C@H](COC(=O)NC(C)(C)C(F)(F)F)c2ccc(Cl)c(-n3ncnc3C(F)F)c2)C1=O. The Kier molecular flexibility index (Phi) is 10.3. The molecule has 5 rings (SSSR count). The highest BCUT2D eigenvalue weighted by Gasteiger charge is 2.53. The summed E-state index contributed by atoms with van der Waals surface area (Å²) < 4.78 is 74.5. The highest BCUT2D eigenvalue weighted by Crippen LogP contribution is 2.45. The average Bonchev–Trinajstić information content (AvgIpc) is 3.64. The minimum absolute atomic E-state index is 0.0283. The Labute approximate surface area is 300 Å². The Morgan fingerprint density at radius 3 is 2.27 bits per heavy atom. The van der Waals surface area contributed by atoms with Gasteiger partial charge in [-0.2, -0.15) is 18.3 Å². The second-order valence-corrected chi connectivity index (χ2v) is 14.2. The molecule has 0 aliphatic carbocycles. The van der Waals surface area contributed by atoms with Crippen LogP contribution in [0.5, 0.6) is 0 Å². The number of benzene rings is 2. The minimum Gasteiger partial charge on any atom is -0.447 e. The number of rotatable bonds is 10. The Morgan fingerprint density at radius 2 is 1.67 bits per heavy atom. The first kappa shape index (κ1) is 38.1. The van der Waals surface area contributed by atoms with E-state index in [4.69, 9.17) is 27.1 Å². The van der Waals surface area contributed by atoms with Gasteiger partial charge in [0.1, 0.15) is 18.5 Å². The summed E-state index contributed by atoms with van der Waals surface area (Å²) >= 11 is 6.41. The highest BCUT2D eigenvalue weighted by molar-refractivity contribution is 6.32. The minimum atomic E-state index is -4.83. The van der Waals surface area contributed by atoms with Crippen molar-refractivity contribution < 1.29 is 36.3 Å². The number of carbonyl (C=O) groups excluding carboxylic acids is 2. The normalized spacial score (nSPS) is 17.3. The largest absolute Gasteiger partial charge is 0.447 e. The lowest BCUT2D eigenvalue weighted by molar-refractivity contribution is -0.183. The molecule has 0 bridgehead atoms. The number of nitrogens with one attached hydrogen (secondary N) is 1. The van der Waals surface area contributed by atoms with Gasteiger partial charge in [0.2, 0.25) is 0 Å². The Morgan fingerprint density at radius 1 is 1.02 bits per heavy atom. The number of alkyl carbamates (subject to hydrolysis) is 1. The van der Waals surface area contributed by atoms with Crippen LogP contribution in [0.25, 0.3) is 17.1 Å². The number of hydrogen-bond acceptors (Lipinski definition) is 9. The third-order valence-corrected chi connectivity index (χ3v) is 8.58. The first-order chi connectivity index (χ1) is 24.2. The monoisotopic (exact) mass is 747 g/mol. The predicted octanol–water partition coefficient (Wildman–Crippen LogP) is 6.91. The summed E-state index contributed by atoms with van der Waals surface area (Å²) in [6, 6.07) is 11.3. The summed E-state index contributed by atoms with van der Waals surface area (Å²) in [6.07, 6.45) is -5.08. The van der Waals surface area contributed by atoms with E-state index >= 15 is 0 Å². The number of hydrogen-bond donors (Lipinski definition) is 2. The third-order valence-electron chi connectivity index (χ3n) is 8.26. The van der Waals surface area contributed by atoms with E-state index in [1.807, 2.05) is 20.8 Å². The van der Waals surface area contributed by atoms with Crippen molar-refractivity contribution in [1.29, 1.82) is 0 Å². The van der Waals surface area contributed by atoms with Crippen molar-refractivity contribution in [2.75, 3.05) is 6.61 Å². The molecule has 0 saturated carbocycles. The molecule has 3 heterocycles. The van der Waals surface area contributed by atoms with Gasteiger partial charge >= 0.3 is 12.3 Å². The van der Waals surface area contributed by atoms with Crippen LogP contribution >= 0.6 is 11.6 Å². The summed E-state index contributed by atoms with van der Waals surface area (Å²) in [5.74, 6) is -1.21. The van der Waals surface area contributed by atoms with E-state index < -0.39 is 59.6 Å². The molecule has 2 aromatic heterocycles. The second kappa shape index (κ2) is 14.1. The van der Waals surface area contributed by atoms with E-state index in [0.717, 1.165) is 29.8 Å². The molecule has 0 unspecified atom stereocenters. The summed E-state index contributed by atoms with van der Waals surface area (Å²) in [7, 11) is 0. The van der Waals surface area contributed by atoms with Gasteiger partial charge in [0, 0.05) is 18.0 Å². The average molecular weight is 748 g/mol. The third kappa shape index (κ3) is 7.68. The van der Waals surface area contributed by atoms with Crippen molar-refractivity contribution in [2.45, 2.75) is 70.8 Å². The van der Waals surface area contributed by atoms with Crippen molar-refractivity contribution in [1.82, 2.24) is 34.9 Å². The number of aliphatic imine (C=N–C) groups is 1. The van der Waals surface area contributed by atoms with Crippen molar-refractivity contribution in [3.8, 4) is 17.1 Å². The number of aromatic nitrogens is 5. The molecule has 52 heavy (non-hydrogen) atoms. The molecule has 0 saturated heterocycles. The molecule has 4 aromatic rings. The van der Waals surface area contributed by atoms with Crippen molar-refractivity contribution in [2.24, 2.45) is 16.1 Å². The fourth-order valence-corrected chi connectivity index (χ4v) is 5.94. The Hall–Kier alpha value is -5.19. The predicted molar refractivity (Wildman–Crippen MR) is 180 cm³/mol. The van der Waals surface area contributed by atoms with Gasteiger partial charge in [-0.3, -0.25) is 9.69 Å².